The summed E-state index contributed by atoms with van der Waals surface area (Å²) in [7, 11) is 0. The van der Waals surface area contributed by atoms with Crippen molar-refractivity contribution >= 4 is 23.1 Å². The van der Waals surface area contributed by atoms with Crippen molar-refractivity contribution in [3.05, 3.63) is 46.0 Å². The number of pyridine rings is 1. The summed E-state index contributed by atoms with van der Waals surface area (Å²) in [6, 6.07) is 5.68. The van der Waals surface area contributed by atoms with Gasteiger partial charge in [-0.3, -0.25) is 9.78 Å². The number of halogens is 1. The van der Waals surface area contributed by atoms with Gasteiger partial charge in [0.25, 0.3) is 5.56 Å². The van der Waals surface area contributed by atoms with Crippen LogP contribution in [0.1, 0.15) is 39.2 Å². The molecular formula is C18H24ClN5O. The van der Waals surface area contributed by atoms with Crippen LogP contribution in [0.5, 0.6) is 0 Å². The zero-order valence-electron chi connectivity index (χ0n) is 14.7. The Morgan fingerprint density at radius 2 is 2.16 bits per heavy atom. The molecule has 0 amide bonds. The van der Waals surface area contributed by atoms with E-state index in [0.717, 1.165) is 37.4 Å². The first-order valence-electron chi connectivity index (χ1n) is 8.76. The van der Waals surface area contributed by atoms with Crippen molar-refractivity contribution < 1.29 is 0 Å². The van der Waals surface area contributed by atoms with Gasteiger partial charge >= 0.3 is 0 Å². The first kappa shape index (κ1) is 17.7. The monoisotopic (exact) mass is 361 g/mol. The zero-order valence-corrected chi connectivity index (χ0v) is 15.4. The molecule has 0 spiro atoms. The highest BCUT2D eigenvalue weighted by Crippen LogP contribution is 2.25. The minimum absolute atomic E-state index is 0.0458. The van der Waals surface area contributed by atoms with Gasteiger partial charge in [0.2, 0.25) is 0 Å². The van der Waals surface area contributed by atoms with Gasteiger partial charge in [-0.25, -0.2) is 4.68 Å². The number of piperidine rings is 1. The molecule has 25 heavy (non-hydrogen) atoms. The Kier molecular flexibility index (Phi) is 5.58. The smallest absolute Gasteiger partial charge is 0.267 e. The van der Waals surface area contributed by atoms with Crippen LogP contribution >= 0.6 is 11.6 Å². The van der Waals surface area contributed by atoms with Gasteiger partial charge in [0.1, 0.15) is 5.82 Å². The maximum absolute atomic E-state index is 12.0. The number of nitrogens with zero attached hydrogens (tertiary/aromatic N) is 4. The van der Waals surface area contributed by atoms with E-state index in [1.807, 2.05) is 26.0 Å². The number of rotatable bonds is 5. The second-order valence-electron chi connectivity index (χ2n) is 6.65. The molecule has 7 heteroatoms. The third-order valence-corrected chi connectivity index (χ3v) is 4.82. The van der Waals surface area contributed by atoms with Crippen LogP contribution in [-0.2, 0) is 0 Å². The fourth-order valence-electron chi connectivity index (χ4n) is 3.20. The highest BCUT2D eigenvalue weighted by atomic mass is 35.5. The second kappa shape index (κ2) is 7.87. The average Bonchev–Trinajstić information content (AvgIpc) is 2.61. The minimum atomic E-state index is -0.0611. The third kappa shape index (κ3) is 4.12. The number of nitrogens with one attached hydrogen (secondary N) is 1. The van der Waals surface area contributed by atoms with Crippen molar-refractivity contribution in [2.75, 3.05) is 23.3 Å². The van der Waals surface area contributed by atoms with Crippen LogP contribution in [0.3, 0.4) is 0 Å². The minimum Gasteiger partial charge on any atom is -0.382 e. The summed E-state index contributed by atoms with van der Waals surface area (Å²) in [4.78, 5) is 18.3. The molecule has 3 heterocycles. The number of hydrogen-bond donors (Lipinski definition) is 1. The molecule has 1 unspecified atom stereocenters. The molecule has 1 aliphatic rings. The van der Waals surface area contributed by atoms with E-state index in [1.165, 1.54) is 6.42 Å². The summed E-state index contributed by atoms with van der Waals surface area (Å²) in [5.74, 6) is 0.862. The SMILES string of the molecule is CC(C)n1nc(N2CCCCC2CNc2ccncc2Cl)ccc1=O. The summed E-state index contributed by atoms with van der Waals surface area (Å²) < 4.78 is 1.55. The molecule has 0 saturated carbocycles. The molecule has 1 atom stereocenters. The van der Waals surface area contributed by atoms with Gasteiger partial charge < -0.3 is 10.2 Å². The summed E-state index contributed by atoms with van der Waals surface area (Å²) >= 11 is 6.18. The van der Waals surface area contributed by atoms with E-state index in [1.54, 1.807) is 23.1 Å². The van der Waals surface area contributed by atoms with E-state index in [4.69, 9.17) is 11.6 Å². The van der Waals surface area contributed by atoms with E-state index in [2.05, 4.69) is 20.3 Å². The quantitative estimate of drug-likeness (QED) is 0.884. The van der Waals surface area contributed by atoms with Crippen LogP contribution < -0.4 is 15.8 Å². The number of hydrogen-bond acceptors (Lipinski definition) is 5. The third-order valence-electron chi connectivity index (χ3n) is 4.52. The van der Waals surface area contributed by atoms with Gasteiger partial charge in [-0.1, -0.05) is 11.6 Å². The summed E-state index contributed by atoms with van der Waals surface area (Å²) in [6.07, 6.45) is 6.78. The lowest BCUT2D eigenvalue weighted by Crippen LogP contribution is -2.45. The molecule has 134 valence electrons. The van der Waals surface area contributed by atoms with Gasteiger partial charge in [0.15, 0.2) is 0 Å². The molecule has 0 radical (unpaired) electrons. The fraction of sp³-hybridized carbons (Fsp3) is 0.500. The lowest BCUT2D eigenvalue weighted by Gasteiger charge is -2.37. The van der Waals surface area contributed by atoms with Crippen LogP contribution in [0.4, 0.5) is 11.5 Å². The van der Waals surface area contributed by atoms with Gasteiger partial charge in [-0.15, -0.1) is 0 Å². The molecule has 1 N–H and O–H groups in total. The molecule has 0 aliphatic carbocycles. The average molecular weight is 362 g/mol. The van der Waals surface area contributed by atoms with Gasteiger partial charge in [0, 0.05) is 37.6 Å². The van der Waals surface area contributed by atoms with Crippen molar-refractivity contribution in [3.8, 4) is 0 Å². The Morgan fingerprint density at radius 3 is 2.92 bits per heavy atom. The molecule has 6 nitrogen and oxygen atoms in total. The van der Waals surface area contributed by atoms with E-state index < -0.39 is 0 Å². The molecule has 0 bridgehead atoms. The van der Waals surface area contributed by atoms with Gasteiger partial charge in [0.05, 0.1) is 16.8 Å². The first-order valence-corrected chi connectivity index (χ1v) is 9.14. The van der Waals surface area contributed by atoms with Crippen LogP contribution in [0.25, 0.3) is 0 Å². The normalized spacial score (nSPS) is 17.8. The summed E-state index contributed by atoms with van der Waals surface area (Å²) in [5.41, 5.74) is 0.830. The molecule has 2 aromatic heterocycles. The zero-order chi connectivity index (χ0) is 17.8. The predicted molar refractivity (Wildman–Crippen MR) is 102 cm³/mol. The van der Waals surface area contributed by atoms with Crippen LogP contribution in [0.2, 0.25) is 5.02 Å². The number of anilines is 2. The Morgan fingerprint density at radius 1 is 1.32 bits per heavy atom. The summed E-state index contributed by atoms with van der Waals surface area (Å²) in [6.45, 7) is 5.66. The van der Waals surface area contributed by atoms with Crippen molar-refractivity contribution in [1.29, 1.82) is 0 Å². The lowest BCUT2D eigenvalue weighted by molar-refractivity contribution is 0.451. The maximum Gasteiger partial charge on any atom is 0.267 e. The first-order chi connectivity index (χ1) is 12.1. The lowest BCUT2D eigenvalue weighted by atomic mass is 10.0. The highest BCUT2D eigenvalue weighted by Gasteiger charge is 2.24. The summed E-state index contributed by atoms with van der Waals surface area (Å²) in [5, 5.41) is 8.63. The molecule has 1 fully saturated rings. The van der Waals surface area contributed by atoms with Crippen molar-refractivity contribution in [2.24, 2.45) is 0 Å². The topological polar surface area (TPSA) is 63.1 Å². The molecule has 1 aliphatic heterocycles. The highest BCUT2D eigenvalue weighted by molar-refractivity contribution is 6.33. The predicted octanol–water partition coefficient (Wildman–Crippen LogP) is 3.34. The standard InChI is InChI=1S/C18H24ClN5O/c1-13(2)24-18(25)7-6-17(22-24)23-10-4-3-5-14(23)11-21-16-8-9-20-12-15(16)19/h6-9,12-14H,3-5,10-11H2,1-2H3,(H,20,21). The Balaban J connectivity index is 1.78. The van der Waals surface area contributed by atoms with Crippen LogP contribution in [0.15, 0.2) is 35.4 Å². The Labute approximate surface area is 152 Å². The Bertz CT molecular complexity index is 776. The number of aromatic nitrogens is 3. The van der Waals surface area contributed by atoms with Crippen LogP contribution in [0, 0.1) is 0 Å². The molecule has 2 aromatic rings. The fourth-order valence-corrected chi connectivity index (χ4v) is 3.39. The van der Waals surface area contributed by atoms with E-state index in [9.17, 15) is 4.79 Å². The van der Waals surface area contributed by atoms with Gasteiger partial charge in [-0.2, -0.15) is 5.10 Å². The molecular weight excluding hydrogens is 338 g/mol. The van der Waals surface area contributed by atoms with E-state index in [-0.39, 0.29) is 11.6 Å². The largest absolute Gasteiger partial charge is 0.382 e. The van der Waals surface area contributed by atoms with E-state index in [0.29, 0.717) is 11.1 Å². The van der Waals surface area contributed by atoms with Crippen molar-refractivity contribution in [2.45, 2.75) is 45.2 Å². The van der Waals surface area contributed by atoms with Crippen LogP contribution in [-0.4, -0.2) is 33.9 Å². The maximum atomic E-state index is 12.0. The second-order valence-corrected chi connectivity index (χ2v) is 7.05. The van der Waals surface area contributed by atoms with Gasteiger partial charge in [-0.05, 0) is 45.2 Å². The van der Waals surface area contributed by atoms with Crippen molar-refractivity contribution in [3.63, 3.8) is 0 Å². The Hall–Kier alpha value is -2.08. The molecule has 1 saturated heterocycles. The molecule has 3 rings (SSSR count). The van der Waals surface area contributed by atoms with E-state index >= 15 is 0 Å². The molecule has 0 aromatic carbocycles. The van der Waals surface area contributed by atoms with Crippen molar-refractivity contribution in [1.82, 2.24) is 14.8 Å².